The van der Waals surface area contributed by atoms with Crippen LogP contribution in [0.3, 0.4) is 0 Å². The van der Waals surface area contributed by atoms with Crippen molar-refractivity contribution in [2.45, 2.75) is 6.18 Å². The number of hydrogen-bond acceptors (Lipinski definition) is 4. The lowest BCUT2D eigenvalue weighted by Gasteiger charge is -2.09. The fraction of sp³-hybridized carbons (Fsp3) is 0.100. The number of furan rings is 1. The van der Waals surface area contributed by atoms with Crippen molar-refractivity contribution in [1.82, 2.24) is 5.43 Å². The van der Waals surface area contributed by atoms with Gasteiger partial charge < -0.3 is 9.73 Å². The first kappa shape index (κ1) is 20.5. The summed E-state index contributed by atoms with van der Waals surface area (Å²) in [6.45, 7) is -0.245. The molecule has 0 saturated heterocycles. The molecule has 2 aromatic carbocycles. The van der Waals surface area contributed by atoms with Gasteiger partial charge in [0.15, 0.2) is 0 Å². The molecule has 0 unspecified atom stereocenters. The van der Waals surface area contributed by atoms with Crippen molar-refractivity contribution in [3.63, 3.8) is 0 Å². The lowest BCUT2D eigenvalue weighted by Crippen LogP contribution is -2.26. The molecule has 3 rings (SSSR count). The van der Waals surface area contributed by atoms with Crippen LogP contribution in [0.4, 0.5) is 18.9 Å². The Morgan fingerprint density at radius 1 is 1.10 bits per heavy atom. The second-order valence-corrected chi connectivity index (χ2v) is 6.37. The van der Waals surface area contributed by atoms with Gasteiger partial charge in [-0.25, -0.2) is 5.43 Å². The van der Waals surface area contributed by atoms with E-state index in [9.17, 15) is 18.0 Å². The summed E-state index contributed by atoms with van der Waals surface area (Å²) in [5, 5.41) is 6.96. The van der Waals surface area contributed by atoms with E-state index in [1.54, 1.807) is 30.3 Å². The third kappa shape index (κ3) is 5.86. The number of benzene rings is 2. The molecule has 29 heavy (non-hydrogen) atoms. The van der Waals surface area contributed by atoms with Crippen LogP contribution in [0.15, 0.2) is 70.2 Å². The highest BCUT2D eigenvalue weighted by atomic mass is 35.5. The second-order valence-electron chi connectivity index (χ2n) is 5.94. The van der Waals surface area contributed by atoms with E-state index in [2.05, 4.69) is 15.8 Å². The van der Waals surface area contributed by atoms with E-state index >= 15 is 0 Å². The largest absolute Gasteiger partial charge is 0.455 e. The molecule has 1 aromatic heterocycles. The molecule has 3 aromatic rings. The second kappa shape index (κ2) is 8.83. The number of amides is 1. The highest BCUT2D eigenvalue weighted by Gasteiger charge is 2.30. The predicted octanol–water partition coefficient (Wildman–Crippen LogP) is 5.18. The van der Waals surface area contributed by atoms with Crippen LogP contribution in [-0.4, -0.2) is 18.7 Å². The number of halogens is 4. The Morgan fingerprint density at radius 2 is 1.90 bits per heavy atom. The monoisotopic (exact) mass is 421 g/mol. The molecule has 0 bridgehead atoms. The van der Waals surface area contributed by atoms with Gasteiger partial charge in [0.2, 0.25) is 0 Å². The van der Waals surface area contributed by atoms with E-state index in [1.165, 1.54) is 18.3 Å². The maximum atomic E-state index is 12.7. The highest BCUT2D eigenvalue weighted by Crippen LogP contribution is 2.30. The summed E-state index contributed by atoms with van der Waals surface area (Å²) >= 11 is 5.95. The minimum atomic E-state index is -4.45. The van der Waals surface area contributed by atoms with Gasteiger partial charge in [0.05, 0.1) is 18.3 Å². The van der Waals surface area contributed by atoms with Crippen LogP contribution >= 0.6 is 11.6 Å². The van der Waals surface area contributed by atoms with Crippen molar-refractivity contribution in [1.29, 1.82) is 0 Å². The summed E-state index contributed by atoms with van der Waals surface area (Å²) in [5.41, 5.74) is 2.45. The van der Waals surface area contributed by atoms with Gasteiger partial charge in [-0.05, 0) is 42.5 Å². The number of anilines is 1. The van der Waals surface area contributed by atoms with Gasteiger partial charge in [0.25, 0.3) is 5.91 Å². The number of alkyl halides is 3. The van der Waals surface area contributed by atoms with Gasteiger partial charge in [-0.1, -0.05) is 29.8 Å². The zero-order valence-corrected chi connectivity index (χ0v) is 15.6. The molecule has 0 aliphatic rings. The first-order chi connectivity index (χ1) is 13.8. The van der Waals surface area contributed by atoms with Gasteiger partial charge in [-0.3, -0.25) is 4.79 Å². The van der Waals surface area contributed by atoms with Crippen LogP contribution < -0.4 is 10.7 Å². The zero-order chi connectivity index (χ0) is 20.9. The fourth-order valence-electron chi connectivity index (χ4n) is 2.41. The highest BCUT2D eigenvalue weighted by molar-refractivity contribution is 6.30. The van der Waals surface area contributed by atoms with E-state index in [-0.39, 0.29) is 12.2 Å². The molecule has 0 saturated carbocycles. The van der Waals surface area contributed by atoms with Gasteiger partial charge >= 0.3 is 6.18 Å². The Morgan fingerprint density at radius 3 is 2.66 bits per heavy atom. The minimum absolute atomic E-state index is 0.177. The van der Waals surface area contributed by atoms with E-state index in [0.29, 0.717) is 16.5 Å². The molecule has 0 atom stereocenters. The quantitative estimate of drug-likeness (QED) is 0.425. The van der Waals surface area contributed by atoms with Crippen LogP contribution in [0.1, 0.15) is 11.3 Å². The summed E-state index contributed by atoms with van der Waals surface area (Å²) in [5.74, 6) is 0.470. The summed E-state index contributed by atoms with van der Waals surface area (Å²) in [6, 6.07) is 15.1. The molecule has 0 fully saturated rings. The van der Waals surface area contributed by atoms with E-state index < -0.39 is 17.6 Å². The molecule has 1 amide bonds. The van der Waals surface area contributed by atoms with Gasteiger partial charge in [-0.15, -0.1) is 0 Å². The van der Waals surface area contributed by atoms with E-state index in [1.807, 2.05) is 6.07 Å². The smallest absolute Gasteiger partial charge is 0.416 e. The molecular formula is C20H15ClF3N3O2. The first-order valence-corrected chi connectivity index (χ1v) is 8.78. The summed E-state index contributed by atoms with van der Waals surface area (Å²) in [4.78, 5) is 11.8. The van der Waals surface area contributed by atoms with Crippen LogP contribution in [-0.2, 0) is 11.0 Å². The normalized spacial score (nSPS) is 11.6. The molecule has 0 aliphatic carbocycles. The number of carbonyl (C=O) groups is 1. The van der Waals surface area contributed by atoms with E-state index in [4.69, 9.17) is 16.0 Å². The standard InChI is InChI=1S/C20H15ClF3N3O2/c21-15-5-1-3-13(9-15)18-8-7-17(29-18)11-26-27-19(28)12-25-16-6-2-4-14(10-16)20(22,23)24/h1-11,25H,12H2,(H,27,28)/b26-11-. The third-order valence-corrected chi connectivity index (χ3v) is 4.00. The molecule has 0 radical (unpaired) electrons. The van der Waals surface area contributed by atoms with Crippen molar-refractivity contribution in [2.24, 2.45) is 5.10 Å². The number of nitrogens with zero attached hydrogens (tertiary/aromatic N) is 1. The Hall–Kier alpha value is -3.26. The topological polar surface area (TPSA) is 66.6 Å². The summed E-state index contributed by atoms with van der Waals surface area (Å²) in [6.07, 6.45) is -3.13. The fourth-order valence-corrected chi connectivity index (χ4v) is 2.60. The minimum Gasteiger partial charge on any atom is -0.455 e. The van der Waals surface area contributed by atoms with Gasteiger partial charge in [0, 0.05) is 16.3 Å². The number of carbonyl (C=O) groups excluding carboxylic acids is 1. The Bertz CT molecular complexity index is 1030. The third-order valence-electron chi connectivity index (χ3n) is 3.76. The van der Waals surface area contributed by atoms with Crippen molar-refractivity contribution in [2.75, 3.05) is 11.9 Å². The van der Waals surface area contributed by atoms with Crippen molar-refractivity contribution < 1.29 is 22.4 Å². The molecule has 1 heterocycles. The van der Waals surface area contributed by atoms with Gasteiger partial charge in [0.1, 0.15) is 11.5 Å². The lowest BCUT2D eigenvalue weighted by atomic mass is 10.2. The summed E-state index contributed by atoms with van der Waals surface area (Å²) < 4.78 is 43.6. The molecule has 150 valence electrons. The average Bonchev–Trinajstić information content (AvgIpc) is 3.15. The number of hydrogen-bond donors (Lipinski definition) is 2. The van der Waals surface area contributed by atoms with Gasteiger partial charge in [-0.2, -0.15) is 18.3 Å². The number of hydrazone groups is 1. The average molecular weight is 422 g/mol. The van der Waals surface area contributed by atoms with Crippen LogP contribution in [0.5, 0.6) is 0 Å². The maximum Gasteiger partial charge on any atom is 0.416 e. The van der Waals surface area contributed by atoms with Crippen molar-refractivity contribution >= 4 is 29.4 Å². The van der Waals surface area contributed by atoms with Crippen LogP contribution in [0.25, 0.3) is 11.3 Å². The number of nitrogens with one attached hydrogen (secondary N) is 2. The maximum absolute atomic E-state index is 12.7. The summed E-state index contributed by atoms with van der Waals surface area (Å²) in [7, 11) is 0. The van der Waals surface area contributed by atoms with Crippen molar-refractivity contribution in [3.05, 3.63) is 77.0 Å². The molecule has 0 aliphatic heterocycles. The predicted molar refractivity (Wildman–Crippen MR) is 105 cm³/mol. The zero-order valence-electron chi connectivity index (χ0n) is 14.8. The Kier molecular flexibility index (Phi) is 6.23. The Balaban J connectivity index is 1.52. The van der Waals surface area contributed by atoms with Crippen LogP contribution in [0.2, 0.25) is 5.02 Å². The molecular weight excluding hydrogens is 407 g/mol. The molecule has 9 heteroatoms. The molecule has 0 spiro atoms. The van der Waals surface area contributed by atoms with E-state index in [0.717, 1.165) is 17.7 Å². The van der Waals surface area contributed by atoms with Crippen molar-refractivity contribution in [3.8, 4) is 11.3 Å². The lowest BCUT2D eigenvalue weighted by molar-refractivity contribution is -0.137. The molecule has 2 N–H and O–H groups in total. The van der Waals surface area contributed by atoms with Crippen LogP contribution in [0, 0.1) is 0 Å². The molecule has 5 nitrogen and oxygen atoms in total. The SMILES string of the molecule is O=C(CNc1cccc(C(F)(F)F)c1)N/N=C\c1ccc(-c2cccc(Cl)c2)o1. The first-order valence-electron chi connectivity index (χ1n) is 8.40. The Labute approximate surface area is 169 Å². The number of rotatable bonds is 6.